The zero-order chi connectivity index (χ0) is 29.1. The molecule has 0 bridgehead atoms. The number of carbonyl (C=O) groups excluding carboxylic acids is 3. The van der Waals surface area contributed by atoms with Gasteiger partial charge in [0.1, 0.15) is 23.9 Å². The summed E-state index contributed by atoms with van der Waals surface area (Å²) in [7, 11) is 0. The lowest BCUT2D eigenvalue weighted by Gasteiger charge is -2.25. The molecule has 4 unspecified atom stereocenters. The van der Waals surface area contributed by atoms with Crippen LogP contribution in [0.4, 0.5) is 0 Å². The molecule has 0 aliphatic carbocycles. The van der Waals surface area contributed by atoms with E-state index in [4.69, 9.17) is 5.11 Å². The van der Waals surface area contributed by atoms with Gasteiger partial charge < -0.3 is 36.6 Å². The number of hydrogen-bond acceptors (Lipinski definition) is 7. The van der Waals surface area contributed by atoms with E-state index < -0.39 is 54.3 Å². The molecule has 1 fully saturated rings. The summed E-state index contributed by atoms with van der Waals surface area (Å²) in [4.78, 5) is 62.3. The molecule has 0 aromatic heterocycles. The van der Waals surface area contributed by atoms with E-state index in [2.05, 4.69) is 21.3 Å². The van der Waals surface area contributed by atoms with E-state index in [0.717, 1.165) is 12.0 Å². The number of rotatable bonds is 14. The van der Waals surface area contributed by atoms with Gasteiger partial charge in [-0.3, -0.25) is 19.2 Å². The third kappa shape index (κ3) is 9.38. The highest BCUT2D eigenvalue weighted by atomic mass is 16.4. The number of phenols is 1. The van der Waals surface area contributed by atoms with E-state index in [1.165, 1.54) is 12.1 Å². The number of benzene rings is 2. The average molecular weight is 555 g/mol. The summed E-state index contributed by atoms with van der Waals surface area (Å²) >= 11 is 0. The lowest BCUT2D eigenvalue weighted by atomic mass is 10.0. The maximum atomic E-state index is 13.5. The zero-order valence-corrected chi connectivity index (χ0v) is 21.8. The van der Waals surface area contributed by atoms with Crippen LogP contribution in [0.15, 0.2) is 54.6 Å². The molecule has 4 atom stereocenters. The maximum absolute atomic E-state index is 13.5. The first-order chi connectivity index (χ1) is 19.1. The predicted octanol–water partition coefficient (Wildman–Crippen LogP) is 0.333. The van der Waals surface area contributed by atoms with E-state index in [9.17, 15) is 34.2 Å². The van der Waals surface area contributed by atoms with Gasteiger partial charge in [-0.15, -0.1) is 0 Å². The molecule has 0 spiro atoms. The van der Waals surface area contributed by atoms with E-state index in [1.807, 2.05) is 6.07 Å². The second-order valence-corrected chi connectivity index (χ2v) is 9.66. The van der Waals surface area contributed by atoms with Crippen molar-refractivity contribution in [3.63, 3.8) is 0 Å². The SMILES string of the molecule is O=C(O)CCC(NC(=O)C(Cc1ccc(O)cc1)NC(=O)C(Cc1ccccc1)NC(=O)C1CCCN1)C(=O)O. The molecule has 3 rings (SSSR count). The largest absolute Gasteiger partial charge is 0.508 e. The van der Waals surface area contributed by atoms with E-state index in [-0.39, 0.29) is 30.9 Å². The van der Waals surface area contributed by atoms with E-state index >= 15 is 0 Å². The summed E-state index contributed by atoms with van der Waals surface area (Å²) in [5.74, 6) is -4.45. The van der Waals surface area contributed by atoms with E-state index in [0.29, 0.717) is 18.5 Å². The first kappa shape index (κ1) is 30.1. The molecule has 12 heteroatoms. The van der Waals surface area contributed by atoms with Crippen molar-refractivity contribution in [2.45, 2.75) is 62.7 Å². The Morgan fingerprint density at radius 3 is 1.93 bits per heavy atom. The van der Waals surface area contributed by atoms with Crippen molar-refractivity contribution < 1.29 is 39.3 Å². The van der Waals surface area contributed by atoms with Crippen LogP contribution in [0.1, 0.15) is 36.8 Å². The molecule has 40 heavy (non-hydrogen) atoms. The molecule has 1 aliphatic rings. The molecule has 0 radical (unpaired) electrons. The Morgan fingerprint density at radius 1 is 0.800 bits per heavy atom. The molecule has 2 aromatic rings. The van der Waals surface area contributed by atoms with Crippen LogP contribution in [-0.2, 0) is 36.8 Å². The van der Waals surface area contributed by atoms with Gasteiger partial charge in [-0.2, -0.15) is 0 Å². The third-order valence-electron chi connectivity index (χ3n) is 6.56. The number of amides is 3. The van der Waals surface area contributed by atoms with Crippen molar-refractivity contribution in [2.24, 2.45) is 0 Å². The molecule has 3 amide bonds. The van der Waals surface area contributed by atoms with Crippen molar-refractivity contribution in [3.05, 3.63) is 65.7 Å². The number of hydrogen-bond donors (Lipinski definition) is 7. The molecular formula is C28H34N4O8. The number of carboxylic acids is 2. The summed E-state index contributed by atoms with van der Waals surface area (Å²) < 4.78 is 0. The smallest absolute Gasteiger partial charge is 0.326 e. The highest BCUT2D eigenvalue weighted by Crippen LogP contribution is 2.13. The van der Waals surface area contributed by atoms with Gasteiger partial charge in [0, 0.05) is 19.3 Å². The first-order valence-corrected chi connectivity index (χ1v) is 13.0. The Labute approximate surface area is 231 Å². The zero-order valence-electron chi connectivity index (χ0n) is 21.8. The van der Waals surface area contributed by atoms with Crippen molar-refractivity contribution in [2.75, 3.05) is 6.54 Å². The number of carboxylic acid groups (broad SMARTS) is 2. The molecule has 0 saturated carbocycles. The van der Waals surface area contributed by atoms with Crippen LogP contribution in [0, 0.1) is 0 Å². The highest BCUT2D eigenvalue weighted by molar-refractivity contribution is 5.94. The molecule has 2 aromatic carbocycles. The van der Waals surface area contributed by atoms with Gasteiger partial charge in [0.25, 0.3) is 0 Å². The van der Waals surface area contributed by atoms with Crippen LogP contribution in [0.5, 0.6) is 5.75 Å². The van der Waals surface area contributed by atoms with Gasteiger partial charge in [-0.05, 0) is 49.1 Å². The van der Waals surface area contributed by atoms with Crippen LogP contribution in [-0.4, -0.2) is 75.7 Å². The number of aliphatic carboxylic acids is 2. The van der Waals surface area contributed by atoms with Crippen molar-refractivity contribution in [1.82, 2.24) is 21.3 Å². The van der Waals surface area contributed by atoms with Crippen LogP contribution in [0.25, 0.3) is 0 Å². The topological polar surface area (TPSA) is 194 Å². The average Bonchev–Trinajstić information content (AvgIpc) is 3.47. The normalized spacial score (nSPS) is 16.8. The number of carbonyl (C=O) groups is 5. The quantitative estimate of drug-likeness (QED) is 0.172. The van der Waals surface area contributed by atoms with Gasteiger partial charge in [0.2, 0.25) is 17.7 Å². The molecule has 7 N–H and O–H groups in total. The minimum absolute atomic E-state index is 0.000409. The van der Waals surface area contributed by atoms with Crippen molar-refractivity contribution >= 4 is 29.7 Å². The summed E-state index contributed by atoms with van der Waals surface area (Å²) in [6.07, 6.45) is 0.720. The fourth-order valence-electron chi connectivity index (χ4n) is 4.39. The first-order valence-electron chi connectivity index (χ1n) is 13.0. The van der Waals surface area contributed by atoms with Gasteiger partial charge in [0.05, 0.1) is 6.04 Å². The Bertz CT molecular complexity index is 1180. The van der Waals surface area contributed by atoms with Crippen LogP contribution in [0.3, 0.4) is 0 Å². The summed E-state index contributed by atoms with van der Waals surface area (Å²) in [5.41, 5.74) is 1.34. The number of aromatic hydroxyl groups is 1. The Morgan fingerprint density at radius 2 is 1.38 bits per heavy atom. The fourth-order valence-corrected chi connectivity index (χ4v) is 4.39. The molecule has 12 nitrogen and oxygen atoms in total. The van der Waals surface area contributed by atoms with Crippen LogP contribution >= 0.6 is 0 Å². The van der Waals surface area contributed by atoms with Gasteiger partial charge in [-0.1, -0.05) is 42.5 Å². The Kier molecular flexibility index (Phi) is 11.0. The number of nitrogens with one attached hydrogen (secondary N) is 4. The lowest BCUT2D eigenvalue weighted by Crippen LogP contribution is -2.58. The monoisotopic (exact) mass is 554 g/mol. The second-order valence-electron chi connectivity index (χ2n) is 9.66. The van der Waals surface area contributed by atoms with Crippen molar-refractivity contribution in [1.29, 1.82) is 0 Å². The second kappa shape index (κ2) is 14.6. The summed E-state index contributed by atoms with van der Waals surface area (Å²) in [6.45, 7) is 0.690. The summed E-state index contributed by atoms with van der Waals surface area (Å²) in [6, 6.07) is 10.7. The highest BCUT2D eigenvalue weighted by Gasteiger charge is 2.32. The molecule has 1 saturated heterocycles. The third-order valence-corrected chi connectivity index (χ3v) is 6.56. The fraction of sp³-hybridized carbons (Fsp3) is 0.393. The maximum Gasteiger partial charge on any atom is 0.326 e. The molecule has 1 heterocycles. The molecule has 214 valence electrons. The number of phenolic OH excluding ortho intramolecular Hbond substituents is 1. The minimum atomic E-state index is -1.49. The standard InChI is InChI=1S/C28H34N4O8/c33-19-10-8-18(9-11-19)16-23(26(37)30-21(28(39)40)12-13-24(34)35)32-27(38)22(15-17-5-2-1-3-6-17)31-25(36)20-7-4-14-29-20/h1-3,5-6,8-11,20-23,29,33H,4,7,12-16H2,(H,30,37)(H,31,36)(H,32,38)(H,34,35)(H,39,40). The van der Waals surface area contributed by atoms with Crippen molar-refractivity contribution in [3.8, 4) is 5.75 Å². The van der Waals surface area contributed by atoms with Crippen LogP contribution in [0.2, 0.25) is 0 Å². The van der Waals surface area contributed by atoms with Gasteiger partial charge in [-0.25, -0.2) is 4.79 Å². The van der Waals surface area contributed by atoms with E-state index in [1.54, 1.807) is 36.4 Å². The molecule has 1 aliphatic heterocycles. The Balaban J connectivity index is 1.82. The summed E-state index contributed by atoms with van der Waals surface area (Å²) in [5, 5.41) is 38.9. The Hall–Kier alpha value is -4.45. The lowest BCUT2D eigenvalue weighted by molar-refractivity contribution is -0.143. The predicted molar refractivity (Wildman–Crippen MR) is 143 cm³/mol. The molecular weight excluding hydrogens is 520 g/mol. The minimum Gasteiger partial charge on any atom is -0.508 e. The van der Waals surface area contributed by atoms with Gasteiger partial charge >= 0.3 is 11.9 Å². The van der Waals surface area contributed by atoms with Gasteiger partial charge in [0.15, 0.2) is 0 Å². The van der Waals surface area contributed by atoms with Crippen LogP contribution < -0.4 is 21.3 Å².